The first kappa shape index (κ1) is 5.09. The van der Waals surface area contributed by atoms with Gasteiger partial charge in [0, 0.05) is 6.42 Å². The van der Waals surface area contributed by atoms with Gasteiger partial charge in [-0.3, -0.25) is 0 Å². The van der Waals surface area contributed by atoms with Crippen LogP contribution in [0.4, 0.5) is 0 Å². The molecule has 0 fully saturated rings. The summed E-state index contributed by atoms with van der Waals surface area (Å²) in [5.74, 6) is 0.806. The van der Waals surface area contributed by atoms with Crippen LogP contribution in [0.15, 0.2) is 23.3 Å². The highest BCUT2D eigenvalue weighted by atomic mass is 16.3. The van der Waals surface area contributed by atoms with Crippen LogP contribution in [0.3, 0.4) is 0 Å². The number of allylic oxidation sites excluding steroid dienone is 1. The van der Waals surface area contributed by atoms with Gasteiger partial charge in [0.05, 0.1) is 6.20 Å². The Morgan fingerprint density at radius 2 is 2.88 bits per heavy atom. The SMILES string of the molecule is C=CCc1cn[c]o1. The molecule has 8 heavy (non-hydrogen) atoms. The molecule has 41 valence electrons. The van der Waals surface area contributed by atoms with Crippen molar-refractivity contribution < 1.29 is 4.42 Å². The zero-order valence-corrected chi connectivity index (χ0v) is 4.42. The predicted molar refractivity (Wildman–Crippen MR) is 29.2 cm³/mol. The Morgan fingerprint density at radius 3 is 3.38 bits per heavy atom. The van der Waals surface area contributed by atoms with Gasteiger partial charge in [0.2, 0.25) is 0 Å². The smallest absolute Gasteiger partial charge is 0.283 e. The first-order valence-electron chi connectivity index (χ1n) is 2.35. The third-order valence-corrected chi connectivity index (χ3v) is 0.784. The largest absolute Gasteiger partial charge is 0.437 e. The second-order valence-electron chi connectivity index (χ2n) is 1.41. The third-order valence-electron chi connectivity index (χ3n) is 0.784. The fraction of sp³-hybridized carbons (Fsp3) is 0.167. The molecule has 1 aromatic rings. The van der Waals surface area contributed by atoms with Crippen molar-refractivity contribution in [3.63, 3.8) is 0 Å². The minimum Gasteiger partial charge on any atom is -0.437 e. The van der Waals surface area contributed by atoms with E-state index in [-0.39, 0.29) is 0 Å². The predicted octanol–water partition coefficient (Wildman–Crippen LogP) is 1.20. The molecule has 0 unspecified atom stereocenters. The quantitative estimate of drug-likeness (QED) is 0.532. The monoisotopic (exact) mass is 108 g/mol. The number of hydrogen-bond acceptors (Lipinski definition) is 2. The highest BCUT2D eigenvalue weighted by molar-refractivity contribution is 4.93. The number of nitrogens with zero attached hydrogens (tertiary/aromatic N) is 1. The number of hydrogen-bond donors (Lipinski definition) is 0. The molecule has 1 rings (SSSR count). The molecule has 0 N–H and O–H groups in total. The van der Waals surface area contributed by atoms with E-state index in [0.717, 1.165) is 12.2 Å². The molecule has 1 radical (unpaired) electrons. The lowest BCUT2D eigenvalue weighted by molar-refractivity contribution is 0.507. The maximum absolute atomic E-state index is 4.77. The second kappa shape index (κ2) is 2.31. The Kier molecular flexibility index (Phi) is 1.47. The van der Waals surface area contributed by atoms with Crippen molar-refractivity contribution in [3.05, 3.63) is 31.0 Å². The van der Waals surface area contributed by atoms with Crippen LogP contribution >= 0.6 is 0 Å². The van der Waals surface area contributed by atoms with Gasteiger partial charge in [-0.15, -0.1) is 6.58 Å². The molecule has 0 aliphatic carbocycles. The van der Waals surface area contributed by atoms with Crippen LogP contribution in [0.2, 0.25) is 0 Å². The van der Waals surface area contributed by atoms with Crippen LogP contribution in [-0.4, -0.2) is 4.98 Å². The third kappa shape index (κ3) is 0.964. The minimum atomic E-state index is 0.733. The molecular weight excluding hydrogens is 102 g/mol. The van der Waals surface area contributed by atoms with Crippen molar-refractivity contribution in [2.75, 3.05) is 0 Å². The molecular formula is C6H6NO. The maximum Gasteiger partial charge on any atom is 0.283 e. The molecule has 0 atom stereocenters. The van der Waals surface area contributed by atoms with E-state index < -0.39 is 0 Å². The summed E-state index contributed by atoms with van der Waals surface area (Å²) in [5, 5.41) is 0. The first-order chi connectivity index (χ1) is 3.93. The van der Waals surface area contributed by atoms with Gasteiger partial charge in [-0.05, 0) is 0 Å². The summed E-state index contributed by atoms with van der Waals surface area (Å²) in [4.78, 5) is 3.60. The van der Waals surface area contributed by atoms with Gasteiger partial charge in [0.25, 0.3) is 6.39 Å². The molecule has 0 amide bonds. The van der Waals surface area contributed by atoms with Crippen LogP contribution in [-0.2, 0) is 6.42 Å². The Bertz CT molecular complexity index is 155. The van der Waals surface area contributed by atoms with Gasteiger partial charge in [0.1, 0.15) is 5.76 Å². The van der Waals surface area contributed by atoms with Crippen molar-refractivity contribution in [1.82, 2.24) is 4.98 Å². The van der Waals surface area contributed by atoms with E-state index >= 15 is 0 Å². The van der Waals surface area contributed by atoms with Crippen LogP contribution in [0.1, 0.15) is 5.76 Å². The van der Waals surface area contributed by atoms with E-state index in [4.69, 9.17) is 4.42 Å². The van der Waals surface area contributed by atoms with Crippen LogP contribution < -0.4 is 0 Å². The Morgan fingerprint density at radius 1 is 2.00 bits per heavy atom. The van der Waals surface area contributed by atoms with E-state index in [1.165, 1.54) is 0 Å². The van der Waals surface area contributed by atoms with Crippen LogP contribution in [0.25, 0.3) is 0 Å². The van der Waals surface area contributed by atoms with Gasteiger partial charge >= 0.3 is 0 Å². The van der Waals surface area contributed by atoms with E-state index in [9.17, 15) is 0 Å². The van der Waals surface area contributed by atoms with Gasteiger partial charge in [-0.2, -0.15) is 0 Å². The highest BCUT2D eigenvalue weighted by Crippen LogP contribution is 1.95. The zero-order chi connectivity index (χ0) is 5.82. The molecule has 0 aromatic carbocycles. The molecule has 1 heterocycles. The molecule has 0 saturated carbocycles. The van der Waals surface area contributed by atoms with Crippen molar-refractivity contribution in [2.45, 2.75) is 6.42 Å². The van der Waals surface area contributed by atoms with Crippen molar-refractivity contribution in [1.29, 1.82) is 0 Å². The molecule has 0 saturated heterocycles. The van der Waals surface area contributed by atoms with Crippen molar-refractivity contribution in [3.8, 4) is 0 Å². The van der Waals surface area contributed by atoms with E-state index in [2.05, 4.69) is 18.0 Å². The van der Waals surface area contributed by atoms with Gasteiger partial charge in [-0.25, -0.2) is 4.98 Å². The molecule has 0 aliphatic heterocycles. The van der Waals surface area contributed by atoms with Crippen LogP contribution in [0.5, 0.6) is 0 Å². The average Bonchev–Trinajstić information content (AvgIpc) is 2.19. The van der Waals surface area contributed by atoms with Gasteiger partial charge < -0.3 is 4.42 Å². The average molecular weight is 108 g/mol. The second-order valence-corrected chi connectivity index (χ2v) is 1.41. The molecule has 0 bridgehead atoms. The van der Waals surface area contributed by atoms with E-state index in [1.54, 1.807) is 12.3 Å². The molecule has 2 nitrogen and oxygen atoms in total. The minimum absolute atomic E-state index is 0.733. The van der Waals surface area contributed by atoms with Gasteiger partial charge in [-0.1, -0.05) is 6.08 Å². The zero-order valence-electron chi connectivity index (χ0n) is 4.42. The first-order valence-corrected chi connectivity index (χ1v) is 2.35. The summed E-state index contributed by atoms with van der Waals surface area (Å²) in [6.45, 7) is 3.53. The standard InChI is InChI=1S/C6H6NO/c1-2-3-6-4-7-5-8-6/h2,4H,1,3H2. The molecule has 0 spiro atoms. The lowest BCUT2D eigenvalue weighted by Gasteiger charge is -1.79. The number of aromatic nitrogens is 1. The lowest BCUT2D eigenvalue weighted by Crippen LogP contribution is -1.70. The van der Waals surface area contributed by atoms with Crippen molar-refractivity contribution in [2.24, 2.45) is 0 Å². The molecule has 0 aliphatic rings. The highest BCUT2D eigenvalue weighted by Gasteiger charge is 1.88. The summed E-state index contributed by atoms with van der Waals surface area (Å²) in [5.41, 5.74) is 0. The van der Waals surface area contributed by atoms with Crippen molar-refractivity contribution >= 4 is 0 Å². The van der Waals surface area contributed by atoms with Gasteiger partial charge in [0.15, 0.2) is 0 Å². The topological polar surface area (TPSA) is 26.0 Å². The Hall–Kier alpha value is -1.05. The maximum atomic E-state index is 4.77. The Labute approximate surface area is 47.9 Å². The summed E-state index contributed by atoms with van der Waals surface area (Å²) in [7, 11) is 0. The summed E-state index contributed by atoms with van der Waals surface area (Å²) < 4.78 is 4.77. The fourth-order valence-electron chi connectivity index (χ4n) is 0.446. The summed E-state index contributed by atoms with van der Waals surface area (Å²) in [6.07, 6.45) is 6.46. The normalized spacial score (nSPS) is 9.00. The van der Waals surface area contributed by atoms with Crippen LogP contribution in [0, 0.1) is 6.39 Å². The van der Waals surface area contributed by atoms with E-state index in [1.807, 2.05) is 0 Å². The number of rotatable bonds is 2. The molecule has 1 aromatic heterocycles. The number of oxazole rings is 1. The molecule has 2 heteroatoms. The summed E-state index contributed by atoms with van der Waals surface area (Å²) in [6, 6.07) is 0. The Balaban J connectivity index is 2.62. The fourth-order valence-corrected chi connectivity index (χ4v) is 0.446. The summed E-state index contributed by atoms with van der Waals surface area (Å²) >= 11 is 0. The lowest BCUT2D eigenvalue weighted by atomic mass is 10.4. The van der Waals surface area contributed by atoms with E-state index in [0.29, 0.717) is 0 Å².